The van der Waals surface area contributed by atoms with Gasteiger partial charge in [0.1, 0.15) is 23.9 Å². The molecule has 4 rings (SSSR count). The summed E-state index contributed by atoms with van der Waals surface area (Å²) >= 11 is 0. The van der Waals surface area contributed by atoms with Crippen LogP contribution in [0.3, 0.4) is 0 Å². The van der Waals surface area contributed by atoms with Crippen molar-refractivity contribution in [2.75, 3.05) is 0 Å². The minimum atomic E-state index is 0.520. The van der Waals surface area contributed by atoms with Crippen LogP contribution in [-0.2, 0) is 6.61 Å². The van der Waals surface area contributed by atoms with Crippen LogP contribution in [0.25, 0.3) is 0 Å². The van der Waals surface area contributed by atoms with Crippen molar-refractivity contribution in [3.63, 3.8) is 0 Å². The van der Waals surface area contributed by atoms with Crippen LogP contribution >= 0.6 is 0 Å². The zero-order valence-electron chi connectivity index (χ0n) is 14.4. The highest BCUT2D eigenvalue weighted by molar-refractivity contribution is 5.47. The van der Waals surface area contributed by atoms with Crippen LogP contribution in [-0.4, -0.2) is 0 Å². The fourth-order valence-corrected chi connectivity index (χ4v) is 2.90. The molecule has 3 nitrogen and oxygen atoms in total. The Hall–Kier alpha value is -3.25. The summed E-state index contributed by atoms with van der Waals surface area (Å²) in [5.74, 6) is 2.93. The number of rotatable bonds is 6. The second-order valence-corrected chi connectivity index (χ2v) is 6.49. The van der Waals surface area contributed by atoms with Gasteiger partial charge in [-0.25, -0.2) is 0 Å². The van der Waals surface area contributed by atoms with Crippen LogP contribution < -0.4 is 9.47 Å². The fourth-order valence-electron chi connectivity index (χ4n) is 2.90. The van der Waals surface area contributed by atoms with Gasteiger partial charge in [0.05, 0.1) is 11.6 Å². The van der Waals surface area contributed by atoms with Crippen LogP contribution in [0.5, 0.6) is 17.2 Å². The van der Waals surface area contributed by atoms with E-state index in [-0.39, 0.29) is 0 Å². The van der Waals surface area contributed by atoms with Crippen molar-refractivity contribution in [1.82, 2.24) is 0 Å². The van der Waals surface area contributed by atoms with E-state index >= 15 is 0 Å². The molecular formula is C23H19NO2. The van der Waals surface area contributed by atoms with Gasteiger partial charge in [0.15, 0.2) is 0 Å². The Morgan fingerprint density at radius 1 is 0.885 bits per heavy atom. The molecule has 0 atom stereocenters. The second kappa shape index (κ2) is 7.33. The maximum Gasteiger partial charge on any atom is 0.130 e. The Morgan fingerprint density at radius 2 is 1.62 bits per heavy atom. The zero-order chi connectivity index (χ0) is 17.8. The van der Waals surface area contributed by atoms with Gasteiger partial charge in [-0.1, -0.05) is 30.3 Å². The normalized spacial score (nSPS) is 13.0. The summed E-state index contributed by atoms with van der Waals surface area (Å²) in [6, 6.07) is 25.6. The van der Waals surface area contributed by atoms with Crippen molar-refractivity contribution in [2.24, 2.45) is 0 Å². The molecule has 1 aliphatic carbocycles. The van der Waals surface area contributed by atoms with Gasteiger partial charge in [-0.05, 0) is 72.4 Å². The van der Waals surface area contributed by atoms with Crippen molar-refractivity contribution in [1.29, 1.82) is 5.26 Å². The van der Waals surface area contributed by atoms with Crippen LogP contribution in [0, 0.1) is 11.3 Å². The Morgan fingerprint density at radius 3 is 2.31 bits per heavy atom. The molecule has 1 aliphatic rings. The third-order valence-electron chi connectivity index (χ3n) is 4.46. The summed E-state index contributed by atoms with van der Waals surface area (Å²) in [6.07, 6.45) is 2.33. The van der Waals surface area contributed by atoms with Gasteiger partial charge >= 0.3 is 0 Å². The van der Waals surface area contributed by atoms with Crippen LogP contribution in [0.2, 0.25) is 0 Å². The monoisotopic (exact) mass is 341 g/mol. The first-order valence-electron chi connectivity index (χ1n) is 8.80. The lowest BCUT2D eigenvalue weighted by Gasteiger charge is -2.12. The van der Waals surface area contributed by atoms with E-state index in [1.165, 1.54) is 0 Å². The zero-order valence-corrected chi connectivity index (χ0v) is 14.4. The first-order valence-corrected chi connectivity index (χ1v) is 8.80. The molecule has 3 aromatic rings. The van der Waals surface area contributed by atoms with Gasteiger partial charge in [-0.2, -0.15) is 5.26 Å². The van der Waals surface area contributed by atoms with E-state index in [0.717, 1.165) is 41.2 Å². The molecule has 1 saturated carbocycles. The Balaban J connectivity index is 1.44. The Labute approximate surface area is 153 Å². The minimum absolute atomic E-state index is 0.520. The number of benzene rings is 3. The third kappa shape index (κ3) is 3.87. The van der Waals surface area contributed by atoms with E-state index in [9.17, 15) is 0 Å². The molecule has 0 aromatic heterocycles. The topological polar surface area (TPSA) is 42.2 Å². The number of hydrogen-bond donors (Lipinski definition) is 0. The molecule has 0 N–H and O–H groups in total. The predicted octanol–water partition coefficient (Wildman–Crippen LogP) is 5.81. The SMILES string of the molecule is N#Cc1ccc(Oc2ccc(OCc3ccccc3)cc2)c(C2CC2)c1. The highest BCUT2D eigenvalue weighted by Gasteiger charge is 2.27. The predicted molar refractivity (Wildman–Crippen MR) is 100 cm³/mol. The van der Waals surface area contributed by atoms with Crippen molar-refractivity contribution in [2.45, 2.75) is 25.4 Å². The maximum absolute atomic E-state index is 9.10. The molecule has 0 spiro atoms. The van der Waals surface area contributed by atoms with E-state index in [1.54, 1.807) is 6.07 Å². The lowest BCUT2D eigenvalue weighted by Crippen LogP contribution is -1.95. The number of hydrogen-bond acceptors (Lipinski definition) is 3. The van der Waals surface area contributed by atoms with Gasteiger partial charge < -0.3 is 9.47 Å². The van der Waals surface area contributed by atoms with Gasteiger partial charge in [-0.3, -0.25) is 0 Å². The summed E-state index contributed by atoms with van der Waals surface area (Å²) in [7, 11) is 0. The molecule has 26 heavy (non-hydrogen) atoms. The first-order chi connectivity index (χ1) is 12.8. The van der Waals surface area contributed by atoms with Crippen molar-refractivity contribution < 1.29 is 9.47 Å². The lowest BCUT2D eigenvalue weighted by molar-refractivity contribution is 0.306. The highest BCUT2D eigenvalue weighted by Crippen LogP contribution is 2.45. The molecule has 128 valence electrons. The average molecular weight is 341 g/mol. The molecule has 0 saturated heterocycles. The number of ether oxygens (including phenoxy) is 2. The largest absolute Gasteiger partial charge is 0.489 e. The van der Waals surface area contributed by atoms with Crippen LogP contribution in [0.4, 0.5) is 0 Å². The fraction of sp³-hybridized carbons (Fsp3) is 0.174. The molecule has 0 aliphatic heterocycles. The Bertz CT molecular complexity index is 923. The van der Waals surface area contributed by atoms with E-state index < -0.39 is 0 Å². The summed E-state index contributed by atoms with van der Waals surface area (Å²) in [5, 5.41) is 9.10. The maximum atomic E-state index is 9.10. The summed E-state index contributed by atoms with van der Waals surface area (Å²) in [6.45, 7) is 0.544. The average Bonchev–Trinajstić information content (AvgIpc) is 3.54. The molecule has 0 amide bonds. The highest BCUT2D eigenvalue weighted by atomic mass is 16.5. The van der Waals surface area contributed by atoms with Gasteiger partial charge in [0.25, 0.3) is 0 Å². The van der Waals surface area contributed by atoms with E-state index in [2.05, 4.69) is 6.07 Å². The van der Waals surface area contributed by atoms with Crippen LogP contribution in [0.15, 0.2) is 72.8 Å². The minimum Gasteiger partial charge on any atom is -0.489 e. The molecule has 0 heterocycles. The van der Waals surface area contributed by atoms with Crippen molar-refractivity contribution >= 4 is 0 Å². The van der Waals surface area contributed by atoms with Crippen LogP contribution in [0.1, 0.15) is 35.4 Å². The van der Waals surface area contributed by atoms with E-state index in [1.807, 2.05) is 66.7 Å². The van der Waals surface area contributed by atoms with Crippen molar-refractivity contribution in [3.05, 3.63) is 89.5 Å². The van der Waals surface area contributed by atoms with E-state index in [4.69, 9.17) is 14.7 Å². The standard InChI is InChI=1S/C23H19NO2/c24-15-18-6-13-23(22(14-18)19-7-8-19)26-21-11-9-20(10-12-21)25-16-17-4-2-1-3-5-17/h1-6,9-14,19H,7-8,16H2. The first kappa shape index (κ1) is 16.2. The number of nitriles is 1. The summed E-state index contributed by atoms with van der Waals surface area (Å²) < 4.78 is 11.9. The molecule has 0 radical (unpaired) electrons. The number of nitrogens with zero attached hydrogens (tertiary/aromatic N) is 1. The van der Waals surface area contributed by atoms with Crippen molar-refractivity contribution in [3.8, 4) is 23.3 Å². The molecule has 0 bridgehead atoms. The lowest BCUT2D eigenvalue weighted by atomic mass is 10.1. The Kier molecular flexibility index (Phi) is 4.57. The summed E-state index contributed by atoms with van der Waals surface area (Å²) in [5.41, 5.74) is 2.96. The molecule has 3 aromatic carbocycles. The molecular weight excluding hydrogens is 322 g/mol. The smallest absolute Gasteiger partial charge is 0.130 e. The van der Waals surface area contributed by atoms with Gasteiger partial charge in [-0.15, -0.1) is 0 Å². The van der Waals surface area contributed by atoms with Gasteiger partial charge in [0.2, 0.25) is 0 Å². The van der Waals surface area contributed by atoms with E-state index in [0.29, 0.717) is 18.1 Å². The quantitative estimate of drug-likeness (QED) is 0.568. The third-order valence-corrected chi connectivity index (χ3v) is 4.46. The summed E-state index contributed by atoms with van der Waals surface area (Å²) in [4.78, 5) is 0. The second-order valence-electron chi connectivity index (χ2n) is 6.49. The molecule has 0 unspecified atom stereocenters. The molecule has 3 heteroatoms. The molecule has 1 fully saturated rings. The van der Waals surface area contributed by atoms with Gasteiger partial charge in [0, 0.05) is 0 Å².